The van der Waals surface area contributed by atoms with Gasteiger partial charge in [-0.25, -0.2) is 0 Å². The number of nitrogens with zero attached hydrogens (tertiary/aromatic N) is 1. The molecule has 1 N–H and O–H groups in total. The van der Waals surface area contributed by atoms with Gasteiger partial charge in [-0.05, 0) is 29.9 Å². The fraction of sp³-hybridized carbons (Fsp3) is 0.381. The summed E-state index contributed by atoms with van der Waals surface area (Å²) in [6.07, 6.45) is 0.975. The molecular weight excluding hydrogens is 344 g/mol. The number of benzene rings is 2. The van der Waals surface area contributed by atoms with E-state index in [4.69, 9.17) is 4.74 Å². The van der Waals surface area contributed by atoms with E-state index in [-0.39, 0.29) is 5.91 Å². The summed E-state index contributed by atoms with van der Waals surface area (Å²) in [6, 6.07) is 18.3. The summed E-state index contributed by atoms with van der Waals surface area (Å²) < 4.78 is 5.41. The van der Waals surface area contributed by atoms with Crippen LogP contribution in [0.4, 0.5) is 5.69 Å². The molecule has 0 spiro atoms. The molecule has 0 saturated carbocycles. The Balaban J connectivity index is 1.42. The van der Waals surface area contributed by atoms with Crippen LogP contribution in [0.3, 0.4) is 0 Å². The normalized spacial score (nSPS) is 14.2. The van der Waals surface area contributed by atoms with Crippen molar-refractivity contribution in [1.29, 1.82) is 0 Å². The number of ether oxygens (including phenoxy) is 1. The van der Waals surface area contributed by atoms with E-state index in [1.807, 2.05) is 42.1 Å². The van der Waals surface area contributed by atoms with Crippen LogP contribution < -0.4 is 10.2 Å². The van der Waals surface area contributed by atoms with Crippen molar-refractivity contribution in [3.63, 3.8) is 0 Å². The van der Waals surface area contributed by atoms with Crippen molar-refractivity contribution in [1.82, 2.24) is 5.32 Å². The summed E-state index contributed by atoms with van der Waals surface area (Å²) in [5.74, 6) is 2.08. The van der Waals surface area contributed by atoms with Gasteiger partial charge in [0, 0.05) is 31.1 Å². The molecule has 1 heterocycles. The molecule has 2 aromatic rings. The molecule has 0 bridgehead atoms. The predicted octanol–water partition coefficient (Wildman–Crippen LogP) is 3.58. The molecule has 1 amide bonds. The minimum absolute atomic E-state index is 0.0140. The molecule has 0 radical (unpaired) electrons. The van der Waals surface area contributed by atoms with E-state index >= 15 is 0 Å². The Morgan fingerprint density at radius 1 is 1.04 bits per heavy atom. The van der Waals surface area contributed by atoms with Gasteiger partial charge in [0.15, 0.2) is 0 Å². The van der Waals surface area contributed by atoms with E-state index in [1.54, 1.807) is 0 Å². The smallest absolute Gasteiger partial charge is 0.253 e. The number of morpholine rings is 1. The number of hydrogen-bond donors (Lipinski definition) is 1. The van der Waals surface area contributed by atoms with Gasteiger partial charge in [0.25, 0.3) is 5.91 Å². The molecule has 26 heavy (non-hydrogen) atoms. The first-order chi connectivity index (χ1) is 12.8. The van der Waals surface area contributed by atoms with E-state index in [0.29, 0.717) is 19.8 Å². The molecular formula is C21H26N2O2S. The monoisotopic (exact) mass is 370 g/mol. The highest BCUT2D eigenvalue weighted by Crippen LogP contribution is 2.21. The van der Waals surface area contributed by atoms with Crippen LogP contribution >= 0.6 is 11.8 Å². The van der Waals surface area contributed by atoms with Crippen molar-refractivity contribution in [2.75, 3.05) is 43.5 Å². The van der Waals surface area contributed by atoms with Crippen LogP contribution in [0.15, 0.2) is 54.6 Å². The van der Waals surface area contributed by atoms with Gasteiger partial charge in [0.05, 0.1) is 18.8 Å². The maximum atomic E-state index is 12.6. The molecule has 1 aliphatic rings. The van der Waals surface area contributed by atoms with Gasteiger partial charge in [-0.1, -0.05) is 42.5 Å². The van der Waals surface area contributed by atoms with E-state index in [9.17, 15) is 4.79 Å². The Hall–Kier alpha value is -1.98. The zero-order valence-electron chi connectivity index (χ0n) is 15.0. The first kappa shape index (κ1) is 18.8. The standard InChI is InChI=1S/C21H26N2O2S/c24-21(22-11-6-16-26-17-18-7-2-1-3-8-18)19-9-4-5-10-20(19)23-12-14-25-15-13-23/h1-5,7-10H,6,11-17H2,(H,22,24). The molecule has 0 unspecified atom stereocenters. The number of hydrogen-bond acceptors (Lipinski definition) is 4. The Morgan fingerprint density at radius 2 is 1.77 bits per heavy atom. The van der Waals surface area contributed by atoms with Crippen molar-refractivity contribution in [2.45, 2.75) is 12.2 Å². The zero-order chi connectivity index (χ0) is 18.0. The molecule has 0 aromatic heterocycles. The van der Waals surface area contributed by atoms with Crippen LogP contribution in [0.25, 0.3) is 0 Å². The number of rotatable bonds is 8. The van der Waals surface area contributed by atoms with E-state index in [0.717, 1.165) is 42.3 Å². The second kappa shape index (κ2) is 10.2. The van der Waals surface area contributed by atoms with Crippen molar-refractivity contribution in [3.8, 4) is 0 Å². The third-order valence-electron chi connectivity index (χ3n) is 4.36. The maximum absolute atomic E-state index is 12.6. The minimum Gasteiger partial charge on any atom is -0.378 e. The lowest BCUT2D eigenvalue weighted by Crippen LogP contribution is -2.38. The minimum atomic E-state index is 0.0140. The van der Waals surface area contributed by atoms with Gasteiger partial charge in [-0.2, -0.15) is 11.8 Å². The highest BCUT2D eigenvalue weighted by atomic mass is 32.2. The zero-order valence-corrected chi connectivity index (χ0v) is 15.8. The van der Waals surface area contributed by atoms with Gasteiger partial charge >= 0.3 is 0 Å². The van der Waals surface area contributed by atoms with Crippen molar-refractivity contribution in [3.05, 3.63) is 65.7 Å². The summed E-state index contributed by atoms with van der Waals surface area (Å²) in [5.41, 5.74) is 3.11. The van der Waals surface area contributed by atoms with Gasteiger partial charge in [-0.15, -0.1) is 0 Å². The molecule has 0 aliphatic carbocycles. The molecule has 1 aliphatic heterocycles. The summed E-state index contributed by atoms with van der Waals surface area (Å²) in [5, 5.41) is 3.07. The fourth-order valence-corrected chi connectivity index (χ4v) is 3.90. The lowest BCUT2D eigenvalue weighted by molar-refractivity contribution is 0.0952. The van der Waals surface area contributed by atoms with Gasteiger partial charge < -0.3 is 15.0 Å². The topological polar surface area (TPSA) is 41.6 Å². The Kier molecular flexibility index (Phi) is 7.40. The first-order valence-electron chi connectivity index (χ1n) is 9.16. The third-order valence-corrected chi connectivity index (χ3v) is 5.48. The van der Waals surface area contributed by atoms with Gasteiger partial charge in [0.2, 0.25) is 0 Å². The summed E-state index contributed by atoms with van der Waals surface area (Å²) in [6.45, 7) is 3.81. The van der Waals surface area contributed by atoms with E-state index in [1.165, 1.54) is 5.56 Å². The van der Waals surface area contributed by atoms with Crippen molar-refractivity contribution < 1.29 is 9.53 Å². The highest BCUT2D eigenvalue weighted by Gasteiger charge is 2.17. The highest BCUT2D eigenvalue weighted by molar-refractivity contribution is 7.98. The lowest BCUT2D eigenvalue weighted by atomic mass is 10.1. The summed E-state index contributed by atoms with van der Waals surface area (Å²) >= 11 is 1.91. The number of anilines is 1. The second-order valence-electron chi connectivity index (χ2n) is 6.26. The molecule has 2 aromatic carbocycles. The fourth-order valence-electron chi connectivity index (χ4n) is 2.98. The average molecular weight is 371 g/mol. The van der Waals surface area contributed by atoms with Crippen LogP contribution in [-0.2, 0) is 10.5 Å². The largest absolute Gasteiger partial charge is 0.378 e. The molecule has 0 atom stereocenters. The number of amides is 1. The van der Waals surface area contributed by atoms with E-state index in [2.05, 4.69) is 34.5 Å². The second-order valence-corrected chi connectivity index (χ2v) is 7.37. The number of carbonyl (C=O) groups is 1. The lowest BCUT2D eigenvalue weighted by Gasteiger charge is -2.30. The third kappa shape index (κ3) is 5.51. The number of nitrogens with one attached hydrogen (secondary N) is 1. The van der Waals surface area contributed by atoms with Gasteiger partial charge in [-0.3, -0.25) is 4.79 Å². The predicted molar refractivity (Wildman–Crippen MR) is 109 cm³/mol. The molecule has 5 heteroatoms. The van der Waals surface area contributed by atoms with Crippen LogP contribution in [-0.4, -0.2) is 44.5 Å². The maximum Gasteiger partial charge on any atom is 0.253 e. The Bertz CT molecular complexity index is 687. The number of thioether (sulfide) groups is 1. The van der Waals surface area contributed by atoms with Crippen LogP contribution in [0.2, 0.25) is 0 Å². The van der Waals surface area contributed by atoms with Crippen LogP contribution in [0.1, 0.15) is 22.3 Å². The van der Waals surface area contributed by atoms with Crippen molar-refractivity contribution >= 4 is 23.4 Å². The van der Waals surface area contributed by atoms with Crippen LogP contribution in [0, 0.1) is 0 Å². The Labute approximate surface area is 159 Å². The van der Waals surface area contributed by atoms with Gasteiger partial charge in [0.1, 0.15) is 0 Å². The number of para-hydroxylation sites is 1. The molecule has 1 saturated heterocycles. The average Bonchev–Trinajstić information content (AvgIpc) is 2.72. The Morgan fingerprint density at radius 3 is 2.58 bits per heavy atom. The number of carbonyl (C=O) groups excluding carboxylic acids is 1. The summed E-state index contributed by atoms with van der Waals surface area (Å²) in [4.78, 5) is 14.8. The van der Waals surface area contributed by atoms with Crippen molar-refractivity contribution in [2.24, 2.45) is 0 Å². The molecule has 4 nitrogen and oxygen atoms in total. The van der Waals surface area contributed by atoms with E-state index < -0.39 is 0 Å². The molecule has 1 fully saturated rings. The SMILES string of the molecule is O=C(NCCCSCc1ccccc1)c1ccccc1N1CCOCC1. The first-order valence-corrected chi connectivity index (χ1v) is 10.3. The summed E-state index contributed by atoms with van der Waals surface area (Å²) in [7, 11) is 0. The van der Waals surface area contributed by atoms with Crippen LogP contribution in [0.5, 0.6) is 0 Å². The molecule has 3 rings (SSSR count). The quantitative estimate of drug-likeness (QED) is 0.721. The molecule has 138 valence electrons.